The second-order valence-electron chi connectivity index (χ2n) is 6.31. The molecular weight excluding hydrogens is 354 g/mol. The van der Waals surface area contributed by atoms with E-state index in [9.17, 15) is 13.2 Å². The molecule has 0 saturated carbocycles. The molecular formula is C15H20ClN3O4S. The zero-order valence-electron chi connectivity index (χ0n) is 13.1. The quantitative estimate of drug-likeness (QED) is 0.827. The van der Waals surface area contributed by atoms with Crippen LogP contribution in [-0.2, 0) is 15.8 Å². The van der Waals surface area contributed by atoms with Gasteiger partial charge >= 0.3 is 6.09 Å². The Kier molecular flexibility index (Phi) is 5.00. The number of hydrogen-bond donors (Lipinski definition) is 2. The Morgan fingerprint density at radius 2 is 1.96 bits per heavy atom. The Morgan fingerprint density at radius 3 is 2.62 bits per heavy atom. The molecule has 2 N–H and O–H groups in total. The van der Waals surface area contributed by atoms with Gasteiger partial charge < -0.3 is 10.0 Å². The predicted molar refractivity (Wildman–Crippen MR) is 90.6 cm³/mol. The van der Waals surface area contributed by atoms with Gasteiger partial charge in [0, 0.05) is 43.3 Å². The van der Waals surface area contributed by atoms with Gasteiger partial charge in [0.2, 0.25) is 10.0 Å². The van der Waals surface area contributed by atoms with Crippen LogP contribution in [0.25, 0.3) is 0 Å². The van der Waals surface area contributed by atoms with Crippen LogP contribution >= 0.6 is 11.6 Å². The summed E-state index contributed by atoms with van der Waals surface area (Å²) in [6, 6.07) is 6.64. The Labute approximate surface area is 146 Å². The zero-order valence-corrected chi connectivity index (χ0v) is 14.6. The summed E-state index contributed by atoms with van der Waals surface area (Å²) >= 11 is 5.81. The van der Waals surface area contributed by atoms with Gasteiger partial charge in [0.25, 0.3) is 0 Å². The maximum Gasteiger partial charge on any atom is 0.407 e. The van der Waals surface area contributed by atoms with Crippen LogP contribution in [0.3, 0.4) is 0 Å². The van der Waals surface area contributed by atoms with Crippen molar-refractivity contribution in [3.8, 4) is 0 Å². The lowest BCUT2D eigenvalue weighted by Crippen LogP contribution is -2.51. The number of fused-ring (bicyclic) bond motifs is 1. The average molecular weight is 374 g/mol. The molecule has 1 aromatic rings. The number of carbonyl (C=O) groups is 1. The molecule has 2 aliphatic heterocycles. The van der Waals surface area contributed by atoms with Gasteiger partial charge in [-0.05, 0) is 24.1 Å². The van der Waals surface area contributed by atoms with Gasteiger partial charge in [-0.1, -0.05) is 23.7 Å². The van der Waals surface area contributed by atoms with E-state index >= 15 is 0 Å². The number of piperazine rings is 1. The van der Waals surface area contributed by atoms with Crippen LogP contribution in [0.15, 0.2) is 24.3 Å². The van der Waals surface area contributed by atoms with Crippen molar-refractivity contribution < 1.29 is 18.3 Å². The van der Waals surface area contributed by atoms with Crippen molar-refractivity contribution in [2.45, 2.75) is 24.3 Å². The predicted octanol–water partition coefficient (Wildman–Crippen LogP) is 1.20. The van der Waals surface area contributed by atoms with E-state index in [4.69, 9.17) is 16.7 Å². The maximum absolute atomic E-state index is 12.4. The van der Waals surface area contributed by atoms with Gasteiger partial charge in [0.1, 0.15) is 0 Å². The van der Waals surface area contributed by atoms with Crippen molar-refractivity contribution in [3.63, 3.8) is 0 Å². The third kappa shape index (κ3) is 4.18. The van der Waals surface area contributed by atoms with E-state index in [-0.39, 0.29) is 17.8 Å². The van der Waals surface area contributed by atoms with Crippen molar-refractivity contribution in [1.82, 2.24) is 14.5 Å². The Balaban J connectivity index is 1.58. The smallest absolute Gasteiger partial charge is 0.407 e. The first-order valence-electron chi connectivity index (χ1n) is 7.79. The lowest BCUT2D eigenvalue weighted by atomic mass is 10.1. The van der Waals surface area contributed by atoms with Gasteiger partial charge in [-0.25, -0.2) is 17.9 Å². The molecule has 132 valence electrons. The minimum Gasteiger partial charge on any atom is -0.465 e. The van der Waals surface area contributed by atoms with Crippen LogP contribution < -0.4 is 4.72 Å². The summed E-state index contributed by atoms with van der Waals surface area (Å²) in [6.07, 6.45) is -0.287. The summed E-state index contributed by atoms with van der Waals surface area (Å²) in [5.74, 6) is -0.0907. The first kappa shape index (κ1) is 17.5. The second kappa shape index (κ2) is 6.87. The monoisotopic (exact) mass is 373 g/mol. The fourth-order valence-electron chi connectivity index (χ4n) is 3.40. The minimum absolute atomic E-state index is 0.0816. The molecule has 0 aromatic heterocycles. The normalized spacial score (nSPS) is 24.8. The molecule has 0 aliphatic carbocycles. The number of benzene rings is 1. The summed E-state index contributed by atoms with van der Waals surface area (Å²) < 4.78 is 27.5. The lowest BCUT2D eigenvalue weighted by molar-refractivity contribution is 0.0889. The number of nitrogens with one attached hydrogen (secondary N) is 1. The summed E-state index contributed by atoms with van der Waals surface area (Å²) in [6.45, 7) is 2.17. The van der Waals surface area contributed by atoms with Crippen molar-refractivity contribution in [2.24, 2.45) is 0 Å². The third-order valence-corrected chi connectivity index (χ3v) is 6.16. The van der Waals surface area contributed by atoms with Crippen molar-refractivity contribution in [3.05, 3.63) is 34.9 Å². The molecule has 1 aromatic carbocycles. The highest BCUT2D eigenvalue weighted by molar-refractivity contribution is 7.88. The summed E-state index contributed by atoms with van der Waals surface area (Å²) in [7, 11) is -3.45. The fourth-order valence-corrected chi connectivity index (χ4v) is 4.92. The number of nitrogens with zero attached hydrogens (tertiary/aromatic N) is 2. The number of amides is 1. The Hall–Kier alpha value is -1.35. The van der Waals surface area contributed by atoms with Gasteiger partial charge in [-0.15, -0.1) is 0 Å². The molecule has 0 spiro atoms. The maximum atomic E-state index is 12.4. The molecule has 2 atom stereocenters. The first-order chi connectivity index (χ1) is 11.3. The SMILES string of the molecule is O=C(O)N1CCN2CC(NS(=O)(=O)Cc3ccc(Cl)cc3)CC2C1. The van der Waals surface area contributed by atoms with Gasteiger partial charge in [-0.2, -0.15) is 0 Å². The topological polar surface area (TPSA) is 89.9 Å². The highest BCUT2D eigenvalue weighted by Crippen LogP contribution is 2.23. The lowest BCUT2D eigenvalue weighted by Gasteiger charge is -2.35. The number of hydrogen-bond acceptors (Lipinski definition) is 4. The van der Waals surface area contributed by atoms with Crippen LogP contribution in [-0.4, -0.2) is 67.7 Å². The molecule has 2 unspecified atom stereocenters. The molecule has 7 nitrogen and oxygen atoms in total. The molecule has 9 heteroatoms. The van der Waals surface area contributed by atoms with Gasteiger partial charge in [0.15, 0.2) is 0 Å². The Morgan fingerprint density at radius 1 is 1.25 bits per heavy atom. The number of carboxylic acid groups (broad SMARTS) is 1. The highest BCUT2D eigenvalue weighted by atomic mass is 35.5. The zero-order chi connectivity index (χ0) is 17.3. The molecule has 2 fully saturated rings. The average Bonchev–Trinajstić information content (AvgIpc) is 2.89. The molecule has 2 aliphatic rings. The van der Waals surface area contributed by atoms with E-state index < -0.39 is 16.1 Å². The van der Waals surface area contributed by atoms with E-state index in [1.54, 1.807) is 24.3 Å². The fraction of sp³-hybridized carbons (Fsp3) is 0.533. The summed E-state index contributed by atoms with van der Waals surface area (Å²) in [5, 5.41) is 9.65. The van der Waals surface area contributed by atoms with E-state index in [1.165, 1.54) is 4.90 Å². The summed E-state index contributed by atoms with van der Waals surface area (Å²) in [4.78, 5) is 14.6. The van der Waals surface area contributed by atoms with Crippen molar-refractivity contribution in [1.29, 1.82) is 0 Å². The third-order valence-electron chi connectivity index (χ3n) is 4.50. The van der Waals surface area contributed by atoms with Crippen LogP contribution in [0.4, 0.5) is 4.79 Å². The van der Waals surface area contributed by atoms with Gasteiger partial charge in [0.05, 0.1) is 5.75 Å². The molecule has 0 bridgehead atoms. The molecule has 3 rings (SSSR count). The molecule has 2 heterocycles. The summed E-state index contributed by atoms with van der Waals surface area (Å²) in [5.41, 5.74) is 0.680. The van der Waals surface area contributed by atoms with Gasteiger partial charge in [-0.3, -0.25) is 4.90 Å². The van der Waals surface area contributed by atoms with E-state index in [1.807, 2.05) is 0 Å². The number of halogens is 1. The molecule has 2 saturated heterocycles. The number of rotatable bonds is 4. The minimum atomic E-state index is -3.45. The number of sulfonamides is 1. The second-order valence-corrected chi connectivity index (χ2v) is 8.50. The van der Waals surface area contributed by atoms with Crippen LogP contribution in [0.5, 0.6) is 0 Å². The first-order valence-corrected chi connectivity index (χ1v) is 9.82. The van der Waals surface area contributed by atoms with Crippen LogP contribution in [0.1, 0.15) is 12.0 Å². The van der Waals surface area contributed by atoms with E-state index in [2.05, 4.69) is 9.62 Å². The van der Waals surface area contributed by atoms with Crippen LogP contribution in [0.2, 0.25) is 5.02 Å². The molecule has 24 heavy (non-hydrogen) atoms. The molecule has 1 amide bonds. The largest absolute Gasteiger partial charge is 0.465 e. The van der Waals surface area contributed by atoms with E-state index in [0.29, 0.717) is 43.2 Å². The van der Waals surface area contributed by atoms with Crippen molar-refractivity contribution in [2.75, 3.05) is 26.2 Å². The van der Waals surface area contributed by atoms with Crippen molar-refractivity contribution >= 4 is 27.7 Å². The van der Waals surface area contributed by atoms with E-state index in [0.717, 1.165) is 0 Å². The highest BCUT2D eigenvalue weighted by Gasteiger charge is 2.38. The van der Waals surface area contributed by atoms with Crippen LogP contribution in [0, 0.1) is 0 Å². The standard InChI is InChI=1S/C15H20ClN3O4S/c16-12-3-1-11(2-4-12)10-24(22,23)17-13-7-14-9-19(15(20)21)6-5-18(14)8-13/h1-4,13-14,17H,5-10H2,(H,20,21). The Bertz CT molecular complexity index is 710. The molecule has 0 radical (unpaired) electrons.